The second kappa shape index (κ2) is 7.22. The van der Waals surface area contributed by atoms with Crippen molar-refractivity contribution in [1.82, 2.24) is 14.8 Å². The lowest BCUT2D eigenvalue weighted by molar-refractivity contribution is -0.111. The maximum atomic E-state index is 11.9. The van der Waals surface area contributed by atoms with Crippen LogP contribution in [0.1, 0.15) is 25.1 Å². The van der Waals surface area contributed by atoms with Gasteiger partial charge in [0.1, 0.15) is 5.15 Å². The first kappa shape index (κ1) is 16.2. The van der Waals surface area contributed by atoms with E-state index in [-0.39, 0.29) is 5.91 Å². The fourth-order valence-corrected chi connectivity index (χ4v) is 2.31. The smallest absolute Gasteiger partial charge is 0.248 e. The van der Waals surface area contributed by atoms with Gasteiger partial charge in [-0.15, -0.1) is 0 Å². The Morgan fingerprint density at radius 1 is 1.50 bits per heavy atom. The van der Waals surface area contributed by atoms with Crippen LogP contribution in [0.3, 0.4) is 0 Å². The van der Waals surface area contributed by atoms with E-state index in [1.165, 1.54) is 6.08 Å². The molecule has 0 aliphatic carbocycles. The lowest BCUT2D eigenvalue weighted by atomic mass is 10.2. The number of pyridine rings is 1. The minimum Gasteiger partial charge on any atom is -0.321 e. The van der Waals surface area contributed by atoms with Crippen molar-refractivity contribution in [1.29, 1.82) is 0 Å². The first-order valence-corrected chi connectivity index (χ1v) is 7.47. The van der Waals surface area contributed by atoms with Crippen LogP contribution in [0.2, 0.25) is 5.15 Å². The third-order valence-corrected chi connectivity index (χ3v) is 3.38. The summed E-state index contributed by atoms with van der Waals surface area (Å²) in [5, 5.41) is 7.69. The van der Waals surface area contributed by atoms with Crippen LogP contribution in [0, 0.1) is 12.8 Å². The van der Waals surface area contributed by atoms with Crippen molar-refractivity contribution in [2.45, 2.75) is 27.3 Å². The molecule has 0 bridgehead atoms. The van der Waals surface area contributed by atoms with E-state index in [0.29, 0.717) is 16.8 Å². The highest BCUT2D eigenvalue weighted by atomic mass is 35.5. The fraction of sp³-hybridized carbons (Fsp3) is 0.312. The molecule has 0 unspecified atom stereocenters. The van der Waals surface area contributed by atoms with Crippen molar-refractivity contribution in [2.24, 2.45) is 5.92 Å². The molecular weight excluding hydrogens is 300 g/mol. The summed E-state index contributed by atoms with van der Waals surface area (Å²) < 4.78 is 1.76. The van der Waals surface area contributed by atoms with E-state index < -0.39 is 0 Å². The SMILES string of the molecule is Cc1nn(CC(C)C)c(Cl)c1/C=C/C(=O)Nc1cccnc1. The van der Waals surface area contributed by atoms with E-state index in [1.807, 2.05) is 6.92 Å². The van der Waals surface area contributed by atoms with Gasteiger partial charge in [-0.05, 0) is 31.1 Å². The summed E-state index contributed by atoms with van der Waals surface area (Å²) >= 11 is 6.32. The molecule has 1 N–H and O–H groups in total. The number of rotatable bonds is 5. The van der Waals surface area contributed by atoms with Gasteiger partial charge in [-0.1, -0.05) is 25.4 Å². The van der Waals surface area contributed by atoms with Crippen LogP contribution in [0.4, 0.5) is 5.69 Å². The van der Waals surface area contributed by atoms with Crippen LogP contribution in [0.25, 0.3) is 6.08 Å². The number of carbonyl (C=O) groups excluding carboxylic acids is 1. The largest absolute Gasteiger partial charge is 0.321 e. The molecule has 2 heterocycles. The number of anilines is 1. The lowest BCUT2D eigenvalue weighted by Gasteiger charge is -2.05. The third-order valence-electron chi connectivity index (χ3n) is 2.98. The summed E-state index contributed by atoms with van der Waals surface area (Å²) in [5.41, 5.74) is 2.22. The molecule has 0 aliphatic heterocycles. The number of halogens is 1. The van der Waals surface area contributed by atoms with Crippen LogP contribution >= 0.6 is 11.6 Å². The molecule has 0 spiro atoms. The highest BCUT2D eigenvalue weighted by Crippen LogP contribution is 2.22. The van der Waals surface area contributed by atoms with Gasteiger partial charge in [-0.2, -0.15) is 5.10 Å². The summed E-state index contributed by atoms with van der Waals surface area (Å²) in [6, 6.07) is 3.54. The number of nitrogens with one attached hydrogen (secondary N) is 1. The zero-order chi connectivity index (χ0) is 16.1. The van der Waals surface area contributed by atoms with Crippen molar-refractivity contribution in [3.8, 4) is 0 Å². The van der Waals surface area contributed by atoms with Gasteiger partial charge >= 0.3 is 0 Å². The number of hydrogen-bond acceptors (Lipinski definition) is 3. The Kier molecular flexibility index (Phi) is 5.33. The normalized spacial score (nSPS) is 11.3. The Morgan fingerprint density at radius 3 is 2.91 bits per heavy atom. The molecule has 0 aromatic carbocycles. The second-order valence-corrected chi connectivity index (χ2v) is 5.79. The first-order chi connectivity index (χ1) is 10.5. The Bertz CT molecular complexity index is 677. The average molecular weight is 319 g/mol. The van der Waals surface area contributed by atoms with Gasteiger partial charge in [-0.3, -0.25) is 14.5 Å². The van der Waals surface area contributed by atoms with E-state index in [4.69, 9.17) is 11.6 Å². The first-order valence-electron chi connectivity index (χ1n) is 7.09. The molecule has 22 heavy (non-hydrogen) atoms. The highest BCUT2D eigenvalue weighted by Gasteiger charge is 2.12. The van der Waals surface area contributed by atoms with Gasteiger partial charge in [0.25, 0.3) is 0 Å². The van der Waals surface area contributed by atoms with Gasteiger partial charge in [0.15, 0.2) is 0 Å². The maximum absolute atomic E-state index is 11.9. The van der Waals surface area contributed by atoms with Gasteiger partial charge < -0.3 is 5.32 Å². The summed E-state index contributed by atoms with van der Waals surface area (Å²) in [6.07, 6.45) is 6.37. The van der Waals surface area contributed by atoms with Crippen LogP contribution in [-0.4, -0.2) is 20.7 Å². The van der Waals surface area contributed by atoms with Crippen molar-refractivity contribution >= 4 is 29.3 Å². The number of amides is 1. The topological polar surface area (TPSA) is 59.8 Å². The van der Waals surface area contributed by atoms with E-state index >= 15 is 0 Å². The maximum Gasteiger partial charge on any atom is 0.248 e. The minimum absolute atomic E-state index is 0.236. The summed E-state index contributed by atoms with van der Waals surface area (Å²) in [4.78, 5) is 15.8. The molecule has 0 atom stereocenters. The number of aromatic nitrogens is 3. The Labute approximate surface area is 135 Å². The highest BCUT2D eigenvalue weighted by molar-refractivity contribution is 6.31. The van der Waals surface area contributed by atoms with Crippen molar-refractivity contribution < 1.29 is 4.79 Å². The Balaban J connectivity index is 2.09. The van der Waals surface area contributed by atoms with Crippen molar-refractivity contribution in [3.05, 3.63) is 47.0 Å². The van der Waals surface area contributed by atoms with Crippen molar-refractivity contribution in [3.63, 3.8) is 0 Å². The summed E-state index contributed by atoms with van der Waals surface area (Å²) in [7, 11) is 0. The zero-order valence-electron chi connectivity index (χ0n) is 12.9. The number of aryl methyl sites for hydroxylation is 1. The summed E-state index contributed by atoms with van der Waals surface area (Å²) in [5.74, 6) is 0.211. The van der Waals surface area contributed by atoms with E-state index in [2.05, 4.69) is 29.2 Å². The molecule has 0 fully saturated rings. The van der Waals surface area contributed by atoms with Crippen LogP contribution in [0.5, 0.6) is 0 Å². The lowest BCUT2D eigenvalue weighted by Crippen LogP contribution is -2.07. The number of nitrogens with zero attached hydrogens (tertiary/aromatic N) is 3. The Morgan fingerprint density at radius 2 is 2.27 bits per heavy atom. The zero-order valence-corrected chi connectivity index (χ0v) is 13.6. The minimum atomic E-state index is -0.236. The third kappa shape index (κ3) is 4.18. The molecular formula is C16H19ClN4O. The van der Waals surface area contributed by atoms with Crippen LogP contribution in [0.15, 0.2) is 30.6 Å². The number of carbonyl (C=O) groups is 1. The predicted octanol–water partition coefficient (Wildman–Crippen LogP) is 3.55. The predicted molar refractivity (Wildman–Crippen MR) is 88.7 cm³/mol. The molecule has 116 valence electrons. The van der Waals surface area contributed by atoms with Gasteiger partial charge in [0.05, 0.1) is 17.6 Å². The molecule has 2 aromatic rings. The molecule has 6 heteroatoms. The van der Waals surface area contributed by atoms with Crippen LogP contribution in [-0.2, 0) is 11.3 Å². The van der Waals surface area contributed by atoms with Crippen molar-refractivity contribution in [2.75, 3.05) is 5.32 Å². The van der Waals surface area contributed by atoms with E-state index in [0.717, 1.165) is 17.8 Å². The molecule has 0 radical (unpaired) electrons. The van der Waals surface area contributed by atoms with E-state index in [1.54, 1.807) is 35.3 Å². The van der Waals surface area contributed by atoms with E-state index in [9.17, 15) is 4.79 Å². The quantitative estimate of drug-likeness (QED) is 0.858. The Hall–Kier alpha value is -2.14. The molecule has 0 aliphatic rings. The second-order valence-electron chi connectivity index (χ2n) is 5.43. The molecule has 1 amide bonds. The molecule has 2 aromatic heterocycles. The standard InChI is InChI=1S/C16H19ClN4O/c1-11(2)10-21-16(17)14(12(3)20-21)6-7-15(22)19-13-5-4-8-18-9-13/h4-9,11H,10H2,1-3H3,(H,19,22)/b7-6+. The molecule has 2 rings (SSSR count). The average Bonchev–Trinajstić information content (AvgIpc) is 2.72. The van der Waals surface area contributed by atoms with Crippen LogP contribution < -0.4 is 5.32 Å². The van der Waals surface area contributed by atoms with Gasteiger partial charge in [0, 0.05) is 24.4 Å². The molecule has 0 saturated heterocycles. The summed E-state index contributed by atoms with van der Waals surface area (Å²) in [6.45, 7) is 6.82. The van der Waals surface area contributed by atoms with Gasteiger partial charge in [0.2, 0.25) is 5.91 Å². The monoisotopic (exact) mass is 318 g/mol. The molecule has 0 saturated carbocycles. The van der Waals surface area contributed by atoms with Gasteiger partial charge in [-0.25, -0.2) is 0 Å². The fourth-order valence-electron chi connectivity index (χ4n) is 2.00. The number of hydrogen-bond donors (Lipinski definition) is 1. The molecule has 5 nitrogen and oxygen atoms in total.